The molecular weight excluding hydrogens is 338 g/mol. The summed E-state index contributed by atoms with van der Waals surface area (Å²) in [6.07, 6.45) is 4.46. The zero-order chi connectivity index (χ0) is 18.6. The first kappa shape index (κ1) is 16.5. The van der Waals surface area contributed by atoms with Gasteiger partial charge >= 0.3 is 5.97 Å². The second-order valence-electron chi connectivity index (χ2n) is 8.22. The molecule has 1 fully saturated rings. The predicted octanol–water partition coefficient (Wildman–Crippen LogP) is 3.32. The Morgan fingerprint density at radius 2 is 1.70 bits per heavy atom. The number of carbonyl (C=O) groups is 2. The maximum Gasteiger partial charge on any atom is 0.326 e. The van der Waals surface area contributed by atoms with Gasteiger partial charge < -0.3 is 10.0 Å². The molecule has 4 nitrogen and oxygen atoms in total. The molecule has 5 rings (SSSR count). The first-order chi connectivity index (χ1) is 13.1. The van der Waals surface area contributed by atoms with Gasteiger partial charge in [0, 0.05) is 24.3 Å². The van der Waals surface area contributed by atoms with Crippen molar-refractivity contribution >= 4 is 11.9 Å². The number of amides is 1. The van der Waals surface area contributed by atoms with Crippen molar-refractivity contribution < 1.29 is 14.7 Å². The zero-order valence-electron chi connectivity index (χ0n) is 15.2. The molecule has 3 aliphatic rings. The molecule has 1 saturated carbocycles. The summed E-state index contributed by atoms with van der Waals surface area (Å²) < 4.78 is 0. The summed E-state index contributed by atoms with van der Waals surface area (Å²) in [5.74, 6) is -0.962. The van der Waals surface area contributed by atoms with Gasteiger partial charge in [-0.2, -0.15) is 0 Å². The number of carboxylic acid groups (broad SMARTS) is 1. The molecule has 2 aromatic carbocycles. The van der Waals surface area contributed by atoms with Crippen molar-refractivity contribution in [2.75, 3.05) is 0 Å². The van der Waals surface area contributed by atoms with Crippen molar-refractivity contribution in [2.45, 2.75) is 50.1 Å². The monoisotopic (exact) mass is 361 g/mol. The van der Waals surface area contributed by atoms with Crippen molar-refractivity contribution in [3.8, 4) is 0 Å². The molecule has 1 amide bonds. The van der Waals surface area contributed by atoms with Crippen LogP contribution in [0, 0.1) is 5.92 Å². The lowest BCUT2D eigenvalue weighted by atomic mass is 9.78. The highest BCUT2D eigenvalue weighted by molar-refractivity contribution is 5.89. The SMILES string of the molecule is O=C(O)C1Cc2ccccc2CN1C(=O)C1CC12CCCc1ccccc12. The second kappa shape index (κ2) is 5.95. The molecule has 0 aromatic heterocycles. The highest BCUT2D eigenvalue weighted by atomic mass is 16.4. The van der Waals surface area contributed by atoms with Crippen LogP contribution in [-0.4, -0.2) is 27.9 Å². The van der Waals surface area contributed by atoms with Crippen LogP contribution >= 0.6 is 0 Å². The third-order valence-electron chi connectivity index (χ3n) is 6.81. The molecule has 2 aromatic rings. The molecule has 27 heavy (non-hydrogen) atoms. The third-order valence-corrected chi connectivity index (χ3v) is 6.81. The van der Waals surface area contributed by atoms with Crippen LogP contribution < -0.4 is 0 Å². The number of rotatable bonds is 2. The first-order valence-electron chi connectivity index (χ1n) is 9.78. The molecule has 4 heteroatoms. The minimum Gasteiger partial charge on any atom is -0.480 e. The van der Waals surface area contributed by atoms with Crippen LogP contribution in [0.4, 0.5) is 0 Å². The van der Waals surface area contributed by atoms with E-state index in [0.29, 0.717) is 13.0 Å². The highest BCUT2D eigenvalue weighted by Crippen LogP contribution is 2.61. The number of fused-ring (bicyclic) bond motifs is 3. The number of hydrogen-bond acceptors (Lipinski definition) is 2. The number of carbonyl (C=O) groups excluding carboxylic acids is 1. The van der Waals surface area contributed by atoms with E-state index in [-0.39, 0.29) is 17.2 Å². The number of aliphatic carboxylic acids is 1. The fourth-order valence-corrected chi connectivity index (χ4v) is 5.33. The van der Waals surface area contributed by atoms with Gasteiger partial charge in [0.25, 0.3) is 0 Å². The lowest BCUT2D eigenvalue weighted by Crippen LogP contribution is -2.49. The van der Waals surface area contributed by atoms with E-state index in [2.05, 4.69) is 24.3 Å². The lowest BCUT2D eigenvalue weighted by Gasteiger charge is -2.36. The van der Waals surface area contributed by atoms with Gasteiger partial charge in [-0.25, -0.2) is 4.79 Å². The van der Waals surface area contributed by atoms with E-state index >= 15 is 0 Å². The summed E-state index contributed by atoms with van der Waals surface area (Å²) in [6.45, 7) is 0.403. The Balaban J connectivity index is 1.46. The maximum absolute atomic E-state index is 13.4. The first-order valence-corrected chi connectivity index (χ1v) is 9.78. The Morgan fingerprint density at radius 1 is 1.00 bits per heavy atom. The van der Waals surface area contributed by atoms with Crippen molar-refractivity contribution in [1.29, 1.82) is 0 Å². The maximum atomic E-state index is 13.4. The molecule has 1 spiro atoms. The summed E-state index contributed by atoms with van der Waals surface area (Å²) in [4.78, 5) is 27.0. The largest absolute Gasteiger partial charge is 0.480 e. The van der Waals surface area contributed by atoms with Gasteiger partial charge in [0.15, 0.2) is 0 Å². The van der Waals surface area contributed by atoms with Crippen molar-refractivity contribution in [3.63, 3.8) is 0 Å². The van der Waals surface area contributed by atoms with Crippen LogP contribution in [0.1, 0.15) is 41.5 Å². The molecule has 0 radical (unpaired) electrons. The summed E-state index contributed by atoms with van der Waals surface area (Å²) in [6, 6.07) is 15.6. The van der Waals surface area contributed by atoms with E-state index < -0.39 is 12.0 Å². The van der Waals surface area contributed by atoms with Gasteiger partial charge in [-0.15, -0.1) is 0 Å². The van der Waals surface area contributed by atoms with Gasteiger partial charge in [-0.3, -0.25) is 4.79 Å². The normalized spacial score (nSPS) is 28.4. The minimum atomic E-state index is -0.906. The quantitative estimate of drug-likeness (QED) is 0.893. The minimum absolute atomic E-state index is 0.0219. The molecule has 3 atom stereocenters. The Morgan fingerprint density at radius 3 is 2.48 bits per heavy atom. The Kier molecular flexibility index (Phi) is 3.64. The van der Waals surface area contributed by atoms with E-state index in [1.165, 1.54) is 11.1 Å². The van der Waals surface area contributed by atoms with Crippen LogP contribution in [-0.2, 0) is 34.4 Å². The van der Waals surface area contributed by atoms with Crippen LogP contribution in [0.2, 0.25) is 0 Å². The third kappa shape index (κ3) is 2.50. The second-order valence-corrected chi connectivity index (χ2v) is 8.22. The van der Waals surface area contributed by atoms with Crippen LogP contribution in [0.3, 0.4) is 0 Å². The Labute approximate surface area is 158 Å². The number of aryl methyl sites for hydroxylation is 1. The van der Waals surface area contributed by atoms with Gasteiger partial charge in [0.2, 0.25) is 5.91 Å². The van der Waals surface area contributed by atoms with Crippen LogP contribution in [0.15, 0.2) is 48.5 Å². The number of benzene rings is 2. The van der Waals surface area contributed by atoms with E-state index in [4.69, 9.17) is 0 Å². The molecule has 3 unspecified atom stereocenters. The fraction of sp³-hybridized carbons (Fsp3) is 0.391. The summed E-state index contributed by atoms with van der Waals surface area (Å²) >= 11 is 0. The molecule has 1 heterocycles. The van der Waals surface area contributed by atoms with Gasteiger partial charge in [-0.1, -0.05) is 48.5 Å². The molecular formula is C23H23NO3. The van der Waals surface area contributed by atoms with Crippen molar-refractivity contribution in [3.05, 3.63) is 70.8 Å². The zero-order valence-corrected chi connectivity index (χ0v) is 15.2. The Bertz CT molecular complexity index is 937. The van der Waals surface area contributed by atoms with E-state index in [0.717, 1.165) is 36.8 Å². The molecule has 1 N–H and O–H groups in total. The van der Waals surface area contributed by atoms with Crippen molar-refractivity contribution in [1.82, 2.24) is 4.90 Å². The average Bonchev–Trinajstić information content (AvgIpc) is 3.41. The van der Waals surface area contributed by atoms with E-state index in [9.17, 15) is 14.7 Å². The van der Waals surface area contributed by atoms with Crippen LogP contribution in [0.25, 0.3) is 0 Å². The molecule has 0 bridgehead atoms. The van der Waals surface area contributed by atoms with Gasteiger partial charge in [0.05, 0.1) is 0 Å². The Hall–Kier alpha value is -2.62. The van der Waals surface area contributed by atoms with E-state index in [1.807, 2.05) is 24.3 Å². The number of carboxylic acids is 1. The lowest BCUT2D eigenvalue weighted by molar-refractivity contribution is -0.152. The van der Waals surface area contributed by atoms with Crippen LogP contribution in [0.5, 0.6) is 0 Å². The summed E-state index contributed by atoms with van der Waals surface area (Å²) in [5.41, 5.74) is 4.73. The molecule has 138 valence electrons. The van der Waals surface area contributed by atoms with Gasteiger partial charge in [-0.05, 0) is 47.9 Å². The standard InChI is InChI=1S/C23H23NO3/c25-21(19-13-23(19)11-5-9-15-6-3-4-10-18(15)23)24-14-17-8-2-1-7-16(17)12-20(24)22(26)27/h1-4,6-8,10,19-20H,5,9,11-14H2,(H,26,27). The highest BCUT2D eigenvalue weighted by Gasteiger charge is 2.61. The number of hydrogen-bond donors (Lipinski definition) is 1. The molecule has 0 saturated heterocycles. The fourth-order valence-electron chi connectivity index (χ4n) is 5.33. The predicted molar refractivity (Wildman–Crippen MR) is 101 cm³/mol. The van der Waals surface area contributed by atoms with Gasteiger partial charge in [0.1, 0.15) is 6.04 Å². The molecule has 2 aliphatic carbocycles. The van der Waals surface area contributed by atoms with E-state index in [1.54, 1.807) is 4.90 Å². The average molecular weight is 361 g/mol. The van der Waals surface area contributed by atoms with Crippen molar-refractivity contribution in [2.24, 2.45) is 5.92 Å². The molecule has 1 aliphatic heterocycles. The smallest absolute Gasteiger partial charge is 0.326 e. The number of nitrogens with zero attached hydrogens (tertiary/aromatic N) is 1. The summed E-state index contributed by atoms with van der Waals surface area (Å²) in [7, 11) is 0. The summed E-state index contributed by atoms with van der Waals surface area (Å²) in [5, 5.41) is 9.75. The topological polar surface area (TPSA) is 57.6 Å².